The summed E-state index contributed by atoms with van der Waals surface area (Å²) in [6.07, 6.45) is 2.65. The van der Waals surface area contributed by atoms with Gasteiger partial charge in [-0.2, -0.15) is 0 Å². The number of benzene rings is 1. The summed E-state index contributed by atoms with van der Waals surface area (Å²) in [4.78, 5) is 15.1. The van der Waals surface area contributed by atoms with Gasteiger partial charge >= 0.3 is 0 Å². The van der Waals surface area contributed by atoms with Crippen molar-refractivity contribution in [2.45, 2.75) is 32.4 Å². The molecule has 21 heavy (non-hydrogen) atoms. The topological polar surface area (TPSA) is 58.4 Å². The number of carbonyl (C=O) groups excluding carboxylic acids is 1. The van der Waals surface area contributed by atoms with Crippen LogP contribution in [0.5, 0.6) is 0 Å². The highest BCUT2D eigenvalue weighted by molar-refractivity contribution is 7.21. The third-order valence-corrected chi connectivity index (χ3v) is 5.65. The molecular weight excluding hydrogens is 282 g/mol. The second kappa shape index (κ2) is 5.75. The predicted molar refractivity (Wildman–Crippen MR) is 87.1 cm³/mol. The first-order valence-electron chi connectivity index (χ1n) is 7.33. The largest absolute Gasteiger partial charge is 0.299 e. The number of nitrogens with zero attached hydrogens (tertiary/aromatic N) is 1. The maximum atomic E-state index is 12.1. The number of thiophene rings is 1. The van der Waals surface area contributed by atoms with Crippen molar-refractivity contribution < 1.29 is 4.79 Å². The Morgan fingerprint density at radius 1 is 1.48 bits per heavy atom. The van der Waals surface area contributed by atoms with Crippen LogP contribution in [-0.4, -0.2) is 23.9 Å². The average molecular weight is 303 g/mol. The molecule has 0 radical (unpaired) electrons. The normalized spacial score (nSPS) is 16.4. The second-order valence-electron chi connectivity index (χ2n) is 5.87. The number of hydrogen-bond acceptors (Lipinski definition) is 4. The van der Waals surface area contributed by atoms with Crippen LogP contribution in [0.2, 0.25) is 0 Å². The third-order valence-electron chi connectivity index (χ3n) is 4.44. The van der Waals surface area contributed by atoms with Crippen LogP contribution in [0.3, 0.4) is 0 Å². The molecule has 1 aliphatic carbocycles. The first-order valence-corrected chi connectivity index (χ1v) is 8.15. The van der Waals surface area contributed by atoms with Crippen LogP contribution in [0.1, 0.15) is 35.0 Å². The van der Waals surface area contributed by atoms with Gasteiger partial charge in [0.05, 0.1) is 4.88 Å². The Bertz CT molecular complexity index is 663. The van der Waals surface area contributed by atoms with E-state index in [1.165, 1.54) is 24.2 Å². The van der Waals surface area contributed by atoms with Gasteiger partial charge in [0.25, 0.3) is 5.91 Å². The number of nitrogens with two attached hydrogens (primary N) is 1. The SMILES string of the molecule is CC(C1CC1)N(C)Cc1c(C(=O)NN)sc2ccccc12. The van der Waals surface area contributed by atoms with E-state index in [9.17, 15) is 4.79 Å². The Labute approximate surface area is 128 Å². The number of hydrogen-bond donors (Lipinski definition) is 2. The van der Waals surface area contributed by atoms with E-state index in [0.29, 0.717) is 6.04 Å². The molecule has 1 aromatic carbocycles. The smallest absolute Gasteiger partial charge is 0.275 e. The summed E-state index contributed by atoms with van der Waals surface area (Å²) < 4.78 is 1.14. The monoisotopic (exact) mass is 303 g/mol. The molecule has 1 amide bonds. The number of fused-ring (bicyclic) bond motifs is 1. The van der Waals surface area contributed by atoms with Crippen molar-refractivity contribution >= 4 is 27.3 Å². The Balaban J connectivity index is 1.96. The van der Waals surface area contributed by atoms with Gasteiger partial charge in [0.15, 0.2) is 0 Å². The molecule has 2 aromatic rings. The molecule has 3 rings (SSSR count). The number of nitrogen functional groups attached to an aromatic ring is 1. The summed E-state index contributed by atoms with van der Waals surface area (Å²) in [6, 6.07) is 8.72. The van der Waals surface area contributed by atoms with Crippen LogP contribution in [0.4, 0.5) is 0 Å². The minimum absolute atomic E-state index is 0.196. The van der Waals surface area contributed by atoms with E-state index in [4.69, 9.17) is 5.84 Å². The molecule has 0 spiro atoms. The van der Waals surface area contributed by atoms with Crippen molar-refractivity contribution in [3.05, 3.63) is 34.7 Å². The van der Waals surface area contributed by atoms with E-state index < -0.39 is 0 Å². The summed E-state index contributed by atoms with van der Waals surface area (Å²) in [7, 11) is 2.14. The maximum Gasteiger partial charge on any atom is 0.275 e. The van der Waals surface area contributed by atoms with Crippen LogP contribution < -0.4 is 11.3 Å². The van der Waals surface area contributed by atoms with Crippen LogP contribution in [-0.2, 0) is 6.54 Å². The van der Waals surface area contributed by atoms with Gasteiger partial charge in [-0.25, -0.2) is 5.84 Å². The van der Waals surface area contributed by atoms with Gasteiger partial charge < -0.3 is 0 Å². The molecule has 1 unspecified atom stereocenters. The van der Waals surface area contributed by atoms with Gasteiger partial charge in [-0.05, 0) is 49.7 Å². The minimum Gasteiger partial charge on any atom is -0.299 e. The van der Waals surface area contributed by atoms with Gasteiger partial charge in [-0.3, -0.25) is 15.1 Å². The Morgan fingerprint density at radius 2 is 2.19 bits per heavy atom. The first-order chi connectivity index (χ1) is 10.1. The molecule has 112 valence electrons. The lowest BCUT2D eigenvalue weighted by molar-refractivity contribution is 0.0955. The zero-order chi connectivity index (χ0) is 15.0. The molecule has 0 aliphatic heterocycles. The third kappa shape index (κ3) is 2.81. The number of carbonyl (C=O) groups is 1. The summed E-state index contributed by atoms with van der Waals surface area (Å²) in [5, 5.41) is 1.16. The summed E-state index contributed by atoms with van der Waals surface area (Å²) in [5.41, 5.74) is 3.36. The number of nitrogens with one attached hydrogen (secondary N) is 1. The molecule has 5 heteroatoms. The van der Waals surface area contributed by atoms with Crippen molar-refractivity contribution in [1.82, 2.24) is 10.3 Å². The molecule has 3 N–H and O–H groups in total. The molecule has 0 saturated heterocycles. The van der Waals surface area contributed by atoms with Gasteiger partial charge in [0.1, 0.15) is 0 Å². The van der Waals surface area contributed by atoms with E-state index >= 15 is 0 Å². The molecular formula is C16H21N3OS. The molecule has 1 aromatic heterocycles. The van der Waals surface area contributed by atoms with Crippen LogP contribution in [0.15, 0.2) is 24.3 Å². The fraction of sp³-hybridized carbons (Fsp3) is 0.438. The van der Waals surface area contributed by atoms with Crippen molar-refractivity contribution in [2.75, 3.05) is 7.05 Å². The van der Waals surface area contributed by atoms with Crippen LogP contribution in [0, 0.1) is 5.92 Å². The highest BCUT2D eigenvalue weighted by Crippen LogP contribution is 2.37. The first kappa shape index (κ1) is 14.5. The van der Waals surface area contributed by atoms with E-state index in [2.05, 4.69) is 36.4 Å². The number of amides is 1. The van der Waals surface area contributed by atoms with Crippen LogP contribution in [0.25, 0.3) is 10.1 Å². The average Bonchev–Trinajstić information content (AvgIpc) is 3.29. The molecule has 0 bridgehead atoms. The predicted octanol–water partition coefficient (Wildman–Crippen LogP) is 2.74. The molecule has 4 nitrogen and oxygen atoms in total. The Kier molecular flexibility index (Phi) is 3.97. The minimum atomic E-state index is -0.196. The van der Waals surface area contributed by atoms with E-state index in [1.54, 1.807) is 0 Å². The summed E-state index contributed by atoms with van der Waals surface area (Å²) in [5.74, 6) is 5.95. The highest BCUT2D eigenvalue weighted by atomic mass is 32.1. The lowest BCUT2D eigenvalue weighted by Gasteiger charge is -2.24. The molecule has 1 fully saturated rings. The molecule has 1 atom stereocenters. The van der Waals surface area contributed by atoms with Gasteiger partial charge in [0, 0.05) is 17.3 Å². The van der Waals surface area contributed by atoms with Crippen molar-refractivity contribution in [1.29, 1.82) is 0 Å². The Morgan fingerprint density at radius 3 is 2.86 bits per heavy atom. The summed E-state index contributed by atoms with van der Waals surface area (Å²) in [6.45, 7) is 3.05. The highest BCUT2D eigenvalue weighted by Gasteiger charge is 2.31. The lowest BCUT2D eigenvalue weighted by Crippen LogP contribution is -2.33. The molecule has 1 heterocycles. The van der Waals surface area contributed by atoms with Crippen molar-refractivity contribution in [3.8, 4) is 0 Å². The zero-order valence-electron chi connectivity index (χ0n) is 12.4. The van der Waals surface area contributed by atoms with Gasteiger partial charge in [-0.1, -0.05) is 18.2 Å². The van der Waals surface area contributed by atoms with Crippen molar-refractivity contribution in [3.63, 3.8) is 0 Å². The van der Waals surface area contributed by atoms with E-state index in [0.717, 1.165) is 33.0 Å². The Hall–Kier alpha value is -1.43. The fourth-order valence-corrected chi connectivity index (χ4v) is 3.95. The molecule has 1 saturated carbocycles. The van der Waals surface area contributed by atoms with E-state index in [1.807, 2.05) is 12.1 Å². The quantitative estimate of drug-likeness (QED) is 0.507. The van der Waals surface area contributed by atoms with Crippen molar-refractivity contribution in [2.24, 2.45) is 11.8 Å². The standard InChI is InChI=1S/C16H21N3OS/c1-10(11-7-8-11)19(2)9-13-12-5-3-4-6-14(12)21-15(13)16(20)18-17/h3-6,10-11H,7-9,17H2,1-2H3,(H,18,20). The van der Waals surface area contributed by atoms with E-state index in [-0.39, 0.29) is 5.91 Å². The fourth-order valence-electron chi connectivity index (χ4n) is 2.84. The zero-order valence-corrected chi connectivity index (χ0v) is 13.2. The van der Waals surface area contributed by atoms with Crippen LogP contribution >= 0.6 is 11.3 Å². The lowest BCUT2D eigenvalue weighted by atomic mass is 10.1. The number of rotatable bonds is 5. The van der Waals surface area contributed by atoms with Gasteiger partial charge in [0.2, 0.25) is 0 Å². The summed E-state index contributed by atoms with van der Waals surface area (Å²) >= 11 is 1.52. The molecule has 1 aliphatic rings. The number of hydrazine groups is 1. The maximum absolute atomic E-state index is 12.1. The second-order valence-corrected chi connectivity index (χ2v) is 6.92. The van der Waals surface area contributed by atoms with Gasteiger partial charge in [-0.15, -0.1) is 11.3 Å².